The van der Waals surface area contributed by atoms with E-state index < -0.39 is 17.6 Å². The largest absolute Gasteiger partial charge is 0.416 e. The average molecular weight is 347 g/mol. The van der Waals surface area contributed by atoms with Crippen LogP contribution in [0.3, 0.4) is 0 Å². The first-order valence-electron chi connectivity index (χ1n) is 5.60. The number of rotatable bonds is 2. The van der Waals surface area contributed by atoms with Gasteiger partial charge in [-0.15, -0.1) is 0 Å². The SMILES string of the molecule is Cc1ccc(NC(=O)c2cc(Br)c[nH]2)cc1C(F)(F)F. The van der Waals surface area contributed by atoms with Crippen LogP contribution in [0.1, 0.15) is 21.6 Å². The molecule has 0 unspecified atom stereocenters. The number of carbonyl (C=O) groups excluding carboxylic acids is 1. The molecule has 0 aliphatic carbocycles. The molecular formula is C13H10BrF3N2O. The molecule has 2 rings (SSSR count). The fraction of sp³-hybridized carbons (Fsp3) is 0.154. The van der Waals surface area contributed by atoms with Crippen LogP contribution in [0.15, 0.2) is 34.9 Å². The Kier molecular flexibility index (Phi) is 3.89. The molecule has 1 aromatic heterocycles. The van der Waals surface area contributed by atoms with Crippen LogP contribution in [0.2, 0.25) is 0 Å². The van der Waals surface area contributed by atoms with Crippen molar-refractivity contribution in [3.8, 4) is 0 Å². The number of halogens is 4. The minimum absolute atomic E-state index is 0.0960. The predicted octanol–water partition coefficient (Wildman–Crippen LogP) is 4.36. The molecule has 0 bridgehead atoms. The Labute approximate surface area is 121 Å². The summed E-state index contributed by atoms with van der Waals surface area (Å²) >= 11 is 3.17. The van der Waals surface area contributed by atoms with E-state index >= 15 is 0 Å². The molecule has 0 aliphatic rings. The number of benzene rings is 1. The van der Waals surface area contributed by atoms with E-state index in [0.717, 1.165) is 6.07 Å². The summed E-state index contributed by atoms with van der Waals surface area (Å²) in [5.41, 5.74) is -0.300. The smallest absolute Gasteiger partial charge is 0.356 e. The van der Waals surface area contributed by atoms with Gasteiger partial charge in [-0.25, -0.2) is 0 Å². The van der Waals surface area contributed by atoms with Crippen molar-refractivity contribution in [1.82, 2.24) is 4.98 Å². The molecule has 1 aromatic carbocycles. The molecule has 0 radical (unpaired) electrons. The Morgan fingerprint density at radius 1 is 1.30 bits per heavy atom. The number of aromatic nitrogens is 1. The molecule has 3 nitrogen and oxygen atoms in total. The van der Waals surface area contributed by atoms with E-state index in [4.69, 9.17) is 0 Å². The quantitative estimate of drug-likeness (QED) is 0.833. The molecule has 1 amide bonds. The molecule has 0 spiro atoms. The number of H-pyrrole nitrogens is 1. The molecule has 20 heavy (non-hydrogen) atoms. The van der Waals surface area contributed by atoms with Crippen molar-refractivity contribution in [2.45, 2.75) is 13.1 Å². The number of aryl methyl sites for hydroxylation is 1. The molecule has 0 aliphatic heterocycles. The van der Waals surface area contributed by atoms with Gasteiger partial charge in [-0.1, -0.05) is 6.07 Å². The van der Waals surface area contributed by atoms with Gasteiger partial charge in [-0.05, 0) is 46.6 Å². The number of hydrogen-bond donors (Lipinski definition) is 2. The van der Waals surface area contributed by atoms with Gasteiger partial charge in [0.25, 0.3) is 5.91 Å². The van der Waals surface area contributed by atoms with Gasteiger partial charge in [-0.3, -0.25) is 4.79 Å². The summed E-state index contributed by atoms with van der Waals surface area (Å²) in [6.07, 6.45) is -2.88. The normalized spacial score (nSPS) is 11.4. The number of nitrogens with one attached hydrogen (secondary N) is 2. The maximum atomic E-state index is 12.8. The van der Waals surface area contributed by atoms with Crippen LogP contribution in [0.4, 0.5) is 18.9 Å². The third-order valence-electron chi connectivity index (χ3n) is 2.69. The highest BCUT2D eigenvalue weighted by Gasteiger charge is 2.32. The fourth-order valence-corrected chi connectivity index (χ4v) is 2.05. The number of carbonyl (C=O) groups is 1. The molecular weight excluding hydrogens is 337 g/mol. The summed E-state index contributed by atoms with van der Waals surface area (Å²) in [6.45, 7) is 1.37. The third kappa shape index (κ3) is 3.22. The highest BCUT2D eigenvalue weighted by molar-refractivity contribution is 9.10. The lowest BCUT2D eigenvalue weighted by Gasteiger charge is -2.12. The lowest BCUT2D eigenvalue weighted by molar-refractivity contribution is -0.138. The van der Waals surface area contributed by atoms with Crippen molar-refractivity contribution < 1.29 is 18.0 Å². The van der Waals surface area contributed by atoms with Crippen LogP contribution < -0.4 is 5.32 Å². The minimum atomic E-state index is -4.44. The molecule has 2 N–H and O–H groups in total. The van der Waals surface area contributed by atoms with Crippen LogP contribution in [0, 0.1) is 6.92 Å². The first kappa shape index (κ1) is 14.6. The minimum Gasteiger partial charge on any atom is -0.356 e. The van der Waals surface area contributed by atoms with Crippen LogP contribution in [0.25, 0.3) is 0 Å². The van der Waals surface area contributed by atoms with E-state index in [1.165, 1.54) is 25.1 Å². The third-order valence-corrected chi connectivity index (χ3v) is 3.15. The summed E-state index contributed by atoms with van der Waals surface area (Å²) < 4.78 is 39.0. The lowest BCUT2D eigenvalue weighted by Crippen LogP contribution is -2.14. The summed E-state index contributed by atoms with van der Waals surface area (Å²) in [4.78, 5) is 14.5. The van der Waals surface area contributed by atoms with E-state index in [2.05, 4.69) is 26.2 Å². The summed E-state index contributed by atoms with van der Waals surface area (Å²) in [7, 11) is 0. The molecule has 1 heterocycles. The van der Waals surface area contributed by atoms with Crippen molar-refractivity contribution >= 4 is 27.5 Å². The topological polar surface area (TPSA) is 44.9 Å². The molecule has 2 aromatic rings. The van der Waals surface area contributed by atoms with Crippen LogP contribution in [0.5, 0.6) is 0 Å². The van der Waals surface area contributed by atoms with E-state index in [-0.39, 0.29) is 16.9 Å². The summed E-state index contributed by atoms with van der Waals surface area (Å²) in [5.74, 6) is -0.507. The molecule has 0 saturated heterocycles. The molecule has 106 valence electrons. The number of hydrogen-bond acceptors (Lipinski definition) is 1. The second-order valence-electron chi connectivity index (χ2n) is 4.21. The van der Waals surface area contributed by atoms with Crippen LogP contribution in [-0.4, -0.2) is 10.9 Å². The van der Waals surface area contributed by atoms with E-state index in [1.54, 1.807) is 6.20 Å². The van der Waals surface area contributed by atoms with Crippen molar-refractivity contribution in [3.05, 3.63) is 51.8 Å². The zero-order chi connectivity index (χ0) is 14.9. The van der Waals surface area contributed by atoms with E-state index in [0.29, 0.717) is 4.47 Å². The van der Waals surface area contributed by atoms with E-state index in [9.17, 15) is 18.0 Å². The van der Waals surface area contributed by atoms with Crippen molar-refractivity contribution in [2.24, 2.45) is 0 Å². The number of alkyl halides is 3. The zero-order valence-electron chi connectivity index (χ0n) is 10.3. The van der Waals surface area contributed by atoms with Gasteiger partial charge in [0.05, 0.1) is 5.56 Å². The van der Waals surface area contributed by atoms with Gasteiger partial charge in [0.15, 0.2) is 0 Å². The van der Waals surface area contributed by atoms with Crippen molar-refractivity contribution in [3.63, 3.8) is 0 Å². The molecule has 0 saturated carbocycles. The Balaban J connectivity index is 2.24. The van der Waals surface area contributed by atoms with Gasteiger partial charge in [0.2, 0.25) is 0 Å². The van der Waals surface area contributed by atoms with Gasteiger partial charge in [0.1, 0.15) is 5.69 Å². The number of aromatic amines is 1. The van der Waals surface area contributed by atoms with Gasteiger partial charge < -0.3 is 10.3 Å². The average Bonchev–Trinajstić information content (AvgIpc) is 2.77. The Hall–Kier alpha value is -1.76. The van der Waals surface area contributed by atoms with Gasteiger partial charge in [0, 0.05) is 16.4 Å². The second-order valence-corrected chi connectivity index (χ2v) is 5.13. The molecule has 7 heteroatoms. The zero-order valence-corrected chi connectivity index (χ0v) is 11.9. The Morgan fingerprint density at radius 3 is 2.55 bits per heavy atom. The maximum absolute atomic E-state index is 12.8. The van der Waals surface area contributed by atoms with Crippen molar-refractivity contribution in [2.75, 3.05) is 5.32 Å². The Bertz CT molecular complexity index is 649. The first-order chi connectivity index (χ1) is 9.27. The predicted molar refractivity (Wildman–Crippen MR) is 72.6 cm³/mol. The highest BCUT2D eigenvalue weighted by Crippen LogP contribution is 2.33. The summed E-state index contributed by atoms with van der Waals surface area (Å²) in [6, 6.07) is 5.21. The highest BCUT2D eigenvalue weighted by atomic mass is 79.9. The number of anilines is 1. The fourth-order valence-electron chi connectivity index (χ4n) is 1.70. The monoisotopic (exact) mass is 346 g/mol. The summed E-state index contributed by atoms with van der Waals surface area (Å²) in [5, 5.41) is 2.42. The molecule has 0 atom stereocenters. The lowest BCUT2D eigenvalue weighted by atomic mass is 10.1. The maximum Gasteiger partial charge on any atom is 0.416 e. The van der Waals surface area contributed by atoms with E-state index in [1.807, 2.05) is 0 Å². The van der Waals surface area contributed by atoms with Gasteiger partial charge in [-0.2, -0.15) is 13.2 Å². The molecule has 0 fully saturated rings. The van der Waals surface area contributed by atoms with Crippen LogP contribution >= 0.6 is 15.9 Å². The number of amides is 1. The standard InChI is InChI=1S/C13H10BrF3N2O/c1-7-2-3-9(5-10(7)13(15,16)17)19-12(20)11-4-8(14)6-18-11/h2-6,18H,1H3,(H,19,20). The van der Waals surface area contributed by atoms with Crippen molar-refractivity contribution in [1.29, 1.82) is 0 Å². The first-order valence-corrected chi connectivity index (χ1v) is 6.40. The van der Waals surface area contributed by atoms with Crippen LogP contribution in [-0.2, 0) is 6.18 Å². The second kappa shape index (κ2) is 5.32. The Morgan fingerprint density at radius 2 is 2.00 bits per heavy atom. The van der Waals surface area contributed by atoms with Gasteiger partial charge >= 0.3 is 6.18 Å².